The summed E-state index contributed by atoms with van der Waals surface area (Å²) >= 11 is 0. The number of nitro groups is 1. The fourth-order valence-electron chi connectivity index (χ4n) is 2.28. The summed E-state index contributed by atoms with van der Waals surface area (Å²) in [4.78, 5) is 28.1. The average molecular weight is 264 g/mol. The lowest BCUT2D eigenvalue weighted by atomic mass is 10.1. The number of carbonyl (C=O) groups excluding carboxylic acids is 1. The first-order valence-corrected chi connectivity index (χ1v) is 6.20. The quantitative estimate of drug-likeness (QED) is 0.650. The predicted molar refractivity (Wildman–Crippen MR) is 70.1 cm³/mol. The highest BCUT2D eigenvalue weighted by molar-refractivity contribution is 5.86. The number of pyridine rings is 1. The molecule has 7 heteroatoms. The van der Waals surface area contributed by atoms with Gasteiger partial charge in [0.1, 0.15) is 18.1 Å². The number of carbonyl (C=O) groups is 1. The summed E-state index contributed by atoms with van der Waals surface area (Å²) in [6, 6.07) is 1.40. The monoisotopic (exact) mass is 264 g/mol. The zero-order valence-corrected chi connectivity index (χ0v) is 10.9. The van der Waals surface area contributed by atoms with E-state index in [4.69, 9.17) is 0 Å². The molecule has 1 atom stereocenters. The molecule has 1 aliphatic heterocycles. The van der Waals surface area contributed by atoms with Crippen molar-refractivity contribution in [2.24, 2.45) is 0 Å². The van der Waals surface area contributed by atoms with Crippen LogP contribution in [0.1, 0.15) is 18.9 Å². The normalized spacial score (nSPS) is 19.2. The molecular formula is C12H16N4O3. The fraction of sp³-hybridized carbons (Fsp3) is 0.500. The number of nitrogens with one attached hydrogen (secondary N) is 1. The lowest BCUT2D eigenvalue weighted by Gasteiger charge is -2.35. The Balaban J connectivity index is 2.33. The molecule has 0 spiro atoms. The number of anilines is 1. The Morgan fingerprint density at radius 1 is 1.63 bits per heavy atom. The summed E-state index contributed by atoms with van der Waals surface area (Å²) < 4.78 is 0. The van der Waals surface area contributed by atoms with Gasteiger partial charge in [0.15, 0.2) is 0 Å². The molecule has 1 N–H and O–H groups in total. The summed E-state index contributed by atoms with van der Waals surface area (Å²) in [6.45, 7) is 4.83. The Hall–Kier alpha value is -2.18. The number of rotatable bonds is 3. The van der Waals surface area contributed by atoms with E-state index in [1.807, 2.05) is 11.8 Å². The molecule has 1 aliphatic rings. The molecule has 2 rings (SSSR count). The van der Waals surface area contributed by atoms with Gasteiger partial charge in [-0.1, -0.05) is 6.92 Å². The Bertz CT molecular complexity index is 518. The Morgan fingerprint density at radius 2 is 2.37 bits per heavy atom. The molecule has 0 aromatic carbocycles. The maximum atomic E-state index is 11.8. The van der Waals surface area contributed by atoms with Crippen molar-refractivity contribution in [3.63, 3.8) is 0 Å². The van der Waals surface area contributed by atoms with Gasteiger partial charge in [0.05, 0.1) is 4.92 Å². The standard InChI is InChI=1S/C12H16N4O3/c1-3-9-12(17)13-4-5-15(9)11-6-8(2)10(7-14-11)16(18)19/h6-7,9H,3-5H2,1-2H3,(H,13,17)/t9-/m0/s1. The van der Waals surface area contributed by atoms with Crippen LogP contribution in [0.4, 0.5) is 11.5 Å². The van der Waals surface area contributed by atoms with Gasteiger partial charge in [-0.3, -0.25) is 14.9 Å². The van der Waals surface area contributed by atoms with Crippen LogP contribution >= 0.6 is 0 Å². The van der Waals surface area contributed by atoms with Gasteiger partial charge in [-0.2, -0.15) is 0 Å². The first kappa shape index (κ1) is 13.3. The summed E-state index contributed by atoms with van der Waals surface area (Å²) in [5.74, 6) is 0.594. The van der Waals surface area contributed by atoms with Gasteiger partial charge in [0, 0.05) is 18.7 Å². The number of nitrogens with zero attached hydrogens (tertiary/aromatic N) is 3. The average Bonchev–Trinajstić information content (AvgIpc) is 2.37. The fourth-order valence-corrected chi connectivity index (χ4v) is 2.28. The van der Waals surface area contributed by atoms with Crippen LogP contribution in [0.3, 0.4) is 0 Å². The minimum atomic E-state index is -0.452. The van der Waals surface area contributed by atoms with Crippen molar-refractivity contribution < 1.29 is 9.72 Å². The molecule has 2 heterocycles. The molecule has 1 amide bonds. The van der Waals surface area contributed by atoms with Crippen LogP contribution in [0, 0.1) is 17.0 Å². The van der Waals surface area contributed by atoms with Crippen LogP contribution in [0.15, 0.2) is 12.3 Å². The molecule has 7 nitrogen and oxygen atoms in total. The van der Waals surface area contributed by atoms with Crippen molar-refractivity contribution in [2.45, 2.75) is 26.3 Å². The lowest BCUT2D eigenvalue weighted by Crippen LogP contribution is -2.55. The first-order chi connectivity index (χ1) is 9.04. The maximum Gasteiger partial charge on any atom is 0.290 e. The largest absolute Gasteiger partial charge is 0.353 e. The number of aryl methyl sites for hydroxylation is 1. The van der Waals surface area contributed by atoms with Crippen LogP contribution in [-0.2, 0) is 4.79 Å². The van der Waals surface area contributed by atoms with Gasteiger partial charge in [-0.15, -0.1) is 0 Å². The molecule has 1 aromatic rings. The number of hydrogen-bond acceptors (Lipinski definition) is 5. The molecule has 1 fully saturated rings. The topological polar surface area (TPSA) is 88.4 Å². The van der Waals surface area contributed by atoms with E-state index in [2.05, 4.69) is 10.3 Å². The molecule has 19 heavy (non-hydrogen) atoms. The number of amides is 1. The smallest absolute Gasteiger partial charge is 0.290 e. The van der Waals surface area contributed by atoms with E-state index in [1.165, 1.54) is 6.20 Å². The van der Waals surface area contributed by atoms with Gasteiger partial charge in [0.25, 0.3) is 5.69 Å². The molecule has 0 aliphatic carbocycles. The zero-order valence-electron chi connectivity index (χ0n) is 10.9. The molecule has 1 saturated heterocycles. The van der Waals surface area contributed by atoms with Gasteiger partial charge >= 0.3 is 0 Å². The highest BCUT2D eigenvalue weighted by atomic mass is 16.6. The molecule has 0 saturated carbocycles. The maximum absolute atomic E-state index is 11.8. The van der Waals surface area contributed by atoms with Gasteiger partial charge in [0.2, 0.25) is 5.91 Å². The molecule has 0 radical (unpaired) electrons. The molecule has 1 aromatic heterocycles. The molecule has 102 valence electrons. The van der Waals surface area contributed by atoms with Crippen LogP contribution < -0.4 is 10.2 Å². The Labute approximate surface area is 110 Å². The third kappa shape index (κ3) is 2.49. The van der Waals surface area contributed by atoms with Crippen LogP contribution in [0.2, 0.25) is 0 Å². The first-order valence-electron chi connectivity index (χ1n) is 6.20. The predicted octanol–water partition coefficient (Wildman–Crippen LogP) is 1.01. The molecule has 0 unspecified atom stereocenters. The van der Waals surface area contributed by atoms with Crippen molar-refractivity contribution in [3.8, 4) is 0 Å². The van der Waals surface area contributed by atoms with Gasteiger partial charge in [-0.05, 0) is 19.4 Å². The van der Waals surface area contributed by atoms with E-state index in [0.29, 0.717) is 30.9 Å². The SMILES string of the molecule is CC[C@H]1C(=O)NCCN1c1cc(C)c([N+](=O)[O-])cn1. The minimum Gasteiger partial charge on any atom is -0.353 e. The van der Waals surface area contributed by atoms with Crippen LogP contribution in [0.25, 0.3) is 0 Å². The van der Waals surface area contributed by atoms with Crippen molar-refractivity contribution in [1.29, 1.82) is 0 Å². The van der Waals surface area contributed by atoms with E-state index in [-0.39, 0.29) is 17.6 Å². The summed E-state index contributed by atoms with van der Waals surface area (Å²) in [5.41, 5.74) is 0.550. The van der Waals surface area contributed by atoms with E-state index >= 15 is 0 Å². The second kappa shape index (κ2) is 5.21. The summed E-state index contributed by atoms with van der Waals surface area (Å²) in [7, 11) is 0. The summed E-state index contributed by atoms with van der Waals surface area (Å²) in [6.07, 6.45) is 1.92. The minimum absolute atomic E-state index is 0.00161. The third-order valence-electron chi connectivity index (χ3n) is 3.28. The van der Waals surface area contributed by atoms with E-state index in [0.717, 1.165) is 0 Å². The van der Waals surface area contributed by atoms with Crippen molar-refractivity contribution >= 4 is 17.4 Å². The number of aromatic nitrogens is 1. The number of piperazine rings is 1. The van der Waals surface area contributed by atoms with E-state index in [1.54, 1.807) is 13.0 Å². The summed E-state index contributed by atoms with van der Waals surface area (Å²) in [5, 5.41) is 13.6. The zero-order chi connectivity index (χ0) is 14.0. The van der Waals surface area contributed by atoms with Crippen LogP contribution in [0.5, 0.6) is 0 Å². The van der Waals surface area contributed by atoms with E-state index < -0.39 is 4.92 Å². The third-order valence-corrected chi connectivity index (χ3v) is 3.28. The van der Waals surface area contributed by atoms with Crippen molar-refractivity contribution in [1.82, 2.24) is 10.3 Å². The highest BCUT2D eigenvalue weighted by Gasteiger charge is 2.29. The van der Waals surface area contributed by atoms with Crippen LogP contribution in [-0.4, -0.2) is 34.9 Å². The second-order valence-electron chi connectivity index (χ2n) is 4.49. The highest BCUT2D eigenvalue weighted by Crippen LogP contribution is 2.24. The Kier molecular flexibility index (Phi) is 3.64. The second-order valence-corrected chi connectivity index (χ2v) is 4.49. The van der Waals surface area contributed by atoms with Crippen molar-refractivity contribution in [3.05, 3.63) is 27.9 Å². The van der Waals surface area contributed by atoms with E-state index in [9.17, 15) is 14.9 Å². The van der Waals surface area contributed by atoms with Gasteiger partial charge < -0.3 is 10.2 Å². The number of hydrogen-bond donors (Lipinski definition) is 1. The van der Waals surface area contributed by atoms with Gasteiger partial charge in [-0.25, -0.2) is 4.98 Å². The lowest BCUT2D eigenvalue weighted by molar-refractivity contribution is -0.385. The van der Waals surface area contributed by atoms with Crippen molar-refractivity contribution in [2.75, 3.05) is 18.0 Å². The molecular weight excluding hydrogens is 248 g/mol. The Morgan fingerprint density at radius 3 is 2.95 bits per heavy atom. The molecule has 0 bridgehead atoms.